The third-order valence-electron chi connectivity index (χ3n) is 4.38. The number of nitrogens with one attached hydrogen (secondary N) is 1. The van der Waals surface area contributed by atoms with Crippen LogP contribution in [0.15, 0.2) is 47.1 Å². The van der Waals surface area contributed by atoms with E-state index in [9.17, 15) is 4.79 Å². The lowest BCUT2D eigenvalue weighted by Gasteiger charge is -2.26. The van der Waals surface area contributed by atoms with Crippen LogP contribution in [0.5, 0.6) is 0 Å². The van der Waals surface area contributed by atoms with Gasteiger partial charge in [-0.05, 0) is 30.3 Å². The number of hydrogen-bond donors (Lipinski definition) is 1. The molecule has 26 heavy (non-hydrogen) atoms. The molecule has 0 saturated carbocycles. The summed E-state index contributed by atoms with van der Waals surface area (Å²) in [6.07, 6.45) is 3.40. The molecule has 134 valence electrons. The highest BCUT2D eigenvalue weighted by Gasteiger charge is 2.13. The molecule has 1 aliphatic heterocycles. The molecule has 1 saturated heterocycles. The Morgan fingerprint density at radius 3 is 2.92 bits per heavy atom. The Hall–Kier alpha value is -2.77. The first-order valence-electron chi connectivity index (χ1n) is 8.69. The van der Waals surface area contributed by atoms with Gasteiger partial charge in [0.2, 0.25) is 5.89 Å². The van der Waals surface area contributed by atoms with Crippen molar-refractivity contribution in [2.75, 3.05) is 39.4 Å². The van der Waals surface area contributed by atoms with Crippen LogP contribution in [-0.4, -0.2) is 60.2 Å². The molecule has 4 rings (SSSR count). The molecular weight excluding hydrogens is 332 g/mol. The molecule has 7 nitrogen and oxygen atoms in total. The second kappa shape index (κ2) is 7.63. The molecule has 2 aromatic heterocycles. The van der Waals surface area contributed by atoms with Crippen LogP contribution in [0, 0.1) is 0 Å². The van der Waals surface area contributed by atoms with E-state index >= 15 is 0 Å². The van der Waals surface area contributed by atoms with Crippen molar-refractivity contribution in [1.82, 2.24) is 20.2 Å². The SMILES string of the molecule is O=C(NCCN1CCOCC1)c1ccc2oc(-c3cccnc3)nc2c1. The number of carbonyl (C=O) groups excluding carboxylic acids is 1. The minimum atomic E-state index is -0.105. The summed E-state index contributed by atoms with van der Waals surface area (Å²) in [5, 5.41) is 2.96. The average Bonchev–Trinajstić information content (AvgIpc) is 3.13. The Morgan fingerprint density at radius 2 is 2.12 bits per heavy atom. The van der Waals surface area contributed by atoms with E-state index in [4.69, 9.17) is 9.15 Å². The standard InChI is InChI=1S/C19H20N4O3/c24-18(21-6-7-23-8-10-25-11-9-23)14-3-4-17-16(12-14)22-19(26-17)15-2-1-5-20-13-15/h1-5,12-13H,6-11H2,(H,21,24). The van der Waals surface area contributed by atoms with Gasteiger partial charge in [0, 0.05) is 44.1 Å². The van der Waals surface area contributed by atoms with Crippen LogP contribution >= 0.6 is 0 Å². The van der Waals surface area contributed by atoms with Gasteiger partial charge in [-0.2, -0.15) is 0 Å². The van der Waals surface area contributed by atoms with Crippen LogP contribution < -0.4 is 5.32 Å². The van der Waals surface area contributed by atoms with E-state index in [1.54, 1.807) is 30.6 Å². The quantitative estimate of drug-likeness (QED) is 0.756. The molecule has 1 aromatic carbocycles. The fraction of sp³-hybridized carbons (Fsp3) is 0.316. The molecule has 3 aromatic rings. The van der Waals surface area contributed by atoms with Crippen molar-refractivity contribution in [3.05, 3.63) is 48.3 Å². The van der Waals surface area contributed by atoms with Crippen molar-refractivity contribution in [2.45, 2.75) is 0 Å². The van der Waals surface area contributed by atoms with Gasteiger partial charge < -0.3 is 14.5 Å². The Kier molecular flexibility index (Phi) is 4.90. The zero-order valence-corrected chi connectivity index (χ0v) is 14.4. The molecule has 1 aliphatic rings. The molecule has 1 fully saturated rings. The Balaban J connectivity index is 1.42. The molecule has 1 amide bonds. The lowest BCUT2D eigenvalue weighted by atomic mass is 10.2. The smallest absolute Gasteiger partial charge is 0.251 e. The summed E-state index contributed by atoms with van der Waals surface area (Å²) in [4.78, 5) is 23.2. The predicted octanol–water partition coefficient (Wildman–Crippen LogP) is 1.95. The summed E-state index contributed by atoms with van der Waals surface area (Å²) in [6.45, 7) is 4.78. The van der Waals surface area contributed by atoms with Gasteiger partial charge in [-0.1, -0.05) is 0 Å². The highest BCUT2D eigenvalue weighted by atomic mass is 16.5. The second-order valence-corrected chi connectivity index (χ2v) is 6.15. The van der Waals surface area contributed by atoms with Crippen LogP contribution in [0.25, 0.3) is 22.6 Å². The Morgan fingerprint density at radius 1 is 1.23 bits per heavy atom. The summed E-state index contributed by atoms with van der Waals surface area (Å²) in [5.74, 6) is 0.393. The van der Waals surface area contributed by atoms with E-state index in [1.807, 2.05) is 12.1 Å². The minimum Gasteiger partial charge on any atom is -0.436 e. The first kappa shape index (κ1) is 16.7. The summed E-state index contributed by atoms with van der Waals surface area (Å²) in [7, 11) is 0. The molecule has 0 bridgehead atoms. The van der Waals surface area contributed by atoms with Crippen LogP contribution in [0.2, 0.25) is 0 Å². The van der Waals surface area contributed by atoms with Gasteiger partial charge in [0.15, 0.2) is 5.58 Å². The normalized spacial score (nSPS) is 15.2. The first-order valence-corrected chi connectivity index (χ1v) is 8.69. The lowest BCUT2D eigenvalue weighted by Crippen LogP contribution is -2.41. The van der Waals surface area contributed by atoms with Crippen LogP contribution in [-0.2, 0) is 4.74 Å². The fourth-order valence-corrected chi connectivity index (χ4v) is 2.94. The number of benzene rings is 1. The number of morpholine rings is 1. The number of hydrogen-bond acceptors (Lipinski definition) is 6. The molecule has 0 radical (unpaired) electrons. The fourth-order valence-electron chi connectivity index (χ4n) is 2.94. The van der Waals surface area contributed by atoms with Crippen molar-refractivity contribution in [3.8, 4) is 11.5 Å². The molecule has 3 heterocycles. The molecule has 0 unspecified atom stereocenters. The maximum Gasteiger partial charge on any atom is 0.251 e. The van der Waals surface area contributed by atoms with E-state index in [0.29, 0.717) is 29.1 Å². The highest BCUT2D eigenvalue weighted by molar-refractivity contribution is 5.97. The van der Waals surface area contributed by atoms with Crippen molar-refractivity contribution < 1.29 is 13.9 Å². The number of oxazole rings is 1. The van der Waals surface area contributed by atoms with Gasteiger partial charge in [-0.15, -0.1) is 0 Å². The third kappa shape index (κ3) is 3.74. The third-order valence-corrected chi connectivity index (χ3v) is 4.38. The number of pyridine rings is 1. The van der Waals surface area contributed by atoms with Crippen molar-refractivity contribution in [2.24, 2.45) is 0 Å². The van der Waals surface area contributed by atoms with E-state index in [2.05, 4.69) is 20.2 Å². The van der Waals surface area contributed by atoms with Gasteiger partial charge in [0.1, 0.15) is 5.52 Å². The topological polar surface area (TPSA) is 80.5 Å². The van der Waals surface area contributed by atoms with Crippen molar-refractivity contribution >= 4 is 17.0 Å². The average molecular weight is 352 g/mol. The zero-order chi connectivity index (χ0) is 17.8. The van der Waals surface area contributed by atoms with Crippen LogP contribution in [0.4, 0.5) is 0 Å². The van der Waals surface area contributed by atoms with Crippen LogP contribution in [0.1, 0.15) is 10.4 Å². The number of rotatable bonds is 5. The molecule has 1 N–H and O–H groups in total. The van der Waals surface area contributed by atoms with Crippen molar-refractivity contribution in [1.29, 1.82) is 0 Å². The molecule has 0 atom stereocenters. The monoisotopic (exact) mass is 352 g/mol. The van der Waals surface area contributed by atoms with E-state index in [1.165, 1.54) is 0 Å². The second-order valence-electron chi connectivity index (χ2n) is 6.15. The molecule has 0 spiro atoms. The lowest BCUT2D eigenvalue weighted by molar-refractivity contribution is 0.0383. The minimum absolute atomic E-state index is 0.105. The molecule has 7 heteroatoms. The van der Waals surface area contributed by atoms with E-state index in [0.717, 1.165) is 38.4 Å². The Labute approximate surface area is 151 Å². The van der Waals surface area contributed by atoms with Gasteiger partial charge >= 0.3 is 0 Å². The summed E-state index contributed by atoms with van der Waals surface area (Å²) in [5.41, 5.74) is 2.68. The van der Waals surface area contributed by atoms with Gasteiger partial charge in [0.05, 0.1) is 18.8 Å². The van der Waals surface area contributed by atoms with Gasteiger partial charge in [-0.25, -0.2) is 4.98 Å². The maximum atomic E-state index is 12.4. The van der Waals surface area contributed by atoms with E-state index in [-0.39, 0.29) is 5.91 Å². The summed E-state index contributed by atoms with van der Waals surface area (Å²) < 4.78 is 11.1. The predicted molar refractivity (Wildman–Crippen MR) is 96.8 cm³/mol. The summed E-state index contributed by atoms with van der Waals surface area (Å²) in [6, 6.07) is 9.00. The number of aromatic nitrogens is 2. The molecule has 0 aliphatic carbocycles. The van der Waals surface area contributed by atoms with Gasteiger partial charge in [0.25, 0.3) is 5.91 Å². The van der Waals surface area contributed by atoms with Gasteiger partial charge in [-0.3, -0.25) is 14.7 Å². The highest BCUT2D eigenvalue weighted by Crippen LogP contribution is 2.24. The first-order chi connectivity index (χ1) is 12.8. The Bertz CT molecular complexity index is 888. The maximum absolute atomic E-state index is 12.4. The number of carbonyl (C=O) groups is 1. The van der Waals surface area contributed by atoms with Crippen molar-refractivity contribution in [3.63, 3.8) is 0 Å². The van der Waals surface area contributed by atoms with E-state index < -0.39 is 0 Å². The summed E-state index contributed by atoms with van der Waals surface area (Å²) >= 11 is 0. The largest absolute Gasteiger partial charge is 0.436 e. The zero-order valence-electron chi connectivity index (χ0n) is 14.4. The van der Waals surface area contributed by atoms with Crippen LogP contribution in [0.3, 0.4) is 0 Å². The number of nitrogens with zero attached hydrogens (tertiary/aromatic N) is 3. The number of amides is 1. The molecular formula is C19H20N4O3. The number of ether oxygens (including phenoxy) is 1. The number of fused-ring (bicyclic) bond motifs is 1.